The van der Waals surface area contributed by atoms with Crippen LogP contribution in [0.2, 0.25) is 0 Å². The summed E-state index contributed by atoms with van der Waals surface area (Å²) in [5.41, 5.74) is 2.69. The number of benzene rings is 3. The lowest BCUT2D eigenvalue weighted by Crippen LogP contribution is -2.65. The predicted octanol–water partition coefficient (Wildman–Crippen LogP) is 3.17. The topological polar surface area (TPSA) is 111 Å². The Labute approximate surface area is 259 Å². The van der Waals surface area contributed by atoms with Gasteiger partial charge in [-0.05, 0) is 56.3 Å². The van der Waals surface area contributed by atoms with E-state index in [-0.39, 0.29) is 24.3 Å². The number of rotatable bonds is 9. The number of carbonyl (C=O) groups excluding carboxylic acids is 4. The molecule has 9 heteroatoms. The molecule has 230 valence electrons. The van der Waals surface area contributed by atoms with Crippen LogP contribution in [-0.4, -0.2) is 71.3 Å². The van der Waals surface area contributed by atoms with E-state index in [1.165, 1.54) is 4.90 Å². The third kappa shape index (κ3) is 7.00. The highest BCUT2D eigenvalue weighted by molar-refractivity contribution is 5.96. The Kier molecular flexibility index (Phi) is 10.1. The number of hydrogen-bond acceptors (Lipinski definition) is 5. The Balaban J connectivity index is 1.43. The molecule has 4 atom stereocenters. The summed E-state index contributed by atoms with van der Waals surface area (Å²) in [6.45, 7) is 2.03. The smallest absolute Gasteiger partial charge is 0.267 e. The van der Waals surface area contributed by atoms with Gasteiger partial charge >= 0.3 is 0 Å². The molecule has 2 fully saturated rings. The third-order valence-electron chi connectivity index (χ3n) is 8.72. The molecule has 0 radical (unpaired) electrons. The number of amides is 4. The largest absolute Gasteiger partial charge is 0.343 e. The normalized spacial score (nSPS) is 20.8. The second-order valence-corrected chi connectivity index (χ2v) is 11.6. The van der Waals surface area contributed by atoms with Crippen LogP contribution in [0.3, 0.4) is 0 Å². The fraction of sp³-hybridized carbons (Fsp3) is 0.371. The molecule has 0 bridgehead atoms. The Morgan fingerprint density at radius 2 is 1.43 bits per heavy atom. The Bertz CT molecular complexity index is 1400. The first-order valence-electron chi connectivity index (χ1n) is 15.4. The highest BCUT2D eigenvalue weighted by Gasteiger charge is 2.47. The molecular weight excluding hydrogens is 554 g/mol. The lowest BCUT2D eigenvalue weighted by molar-refractivity contribution is -0.154. The summed E-state index contributed by atoms with van der Waals surface area (Å²) in [6.07, 6.45) is 1.38. The van der Waals surface area contributed by atoms with Gasteiger partial charge < -0.3 is 25.8 Å². The first-order valence-corrected chi connectivity index (χ1v) is 15.4. The molecule has 3 aromatic rings. The van der Waals surface area contributed by atoms with Gasteiger partial charge in [-0.1, -0.05) is 91.0 Å². The maximum absolute atomic E-state index is 14.5. The molecule has 0 unspecified atom stereocenters. The Morgan fingerprint density at radius 1 is 0.841 bits per heavy atom. The minimum Gasteiger partial charge on any atom is -0.343 e. The van der Waals surface area contributed by atoms with Gasteiger partial charge in [0.25, 0.3) is 5.91 Å². The van der Waals surface area contributed by atoms with Gasteiger partial charge in [0.1, 0.15) is 6.04 Å². The molecule has 0 aromatic heterocycles. The van der Waals surface area contributed by atoms with Crippen molar-refractivity contribution in [3.8, 4) is 0 Å². The maximum Gasteiger partial charge on any atom is 0.267 e. The van der Waals surface area contributed by atoms with Crippen LogP contribution in [0.4, 0.5) is 0 Å². The summed E-state index contributed by atoms with van der Waals surface area (Å²) < 4.78 is 0. The zero-order valence-corrected chi connectivity index (χ0v) is 25.3. The monoisotopic (exact) mass is 595 g/mol. The van der Waals surface area contributed by atoms with Gasteiger partial charge in [0.15, 0.2) is 6.17 Å². The van der Waals surface area contributed by atoms with Gasteiger partial charge in [0.05, 0.1) is 18.5 Å². The zero-order valence-electron chi connectivity index (χ0n) is 25.3. The summed E-state index contributed by atoms with van der Waals surface area (Å²) in [4.78, 5) is 58.4. The van der Waals surface area contributed by atoms with Crippen molar-refractivity contribution in [3.05, 3.63) is 108 Å². The SMILES string of the molecule is CN[C@@H](C)C(=O)N[C@@H]1C(=O)N2[C@@H](CCCN1C(=O)Cc1ccccc1)CC[C@H]2C(=O)NC(c1ccccc1)c1ccccc1. The van der Waals surface area contributed by atoms with Gasteiger partial charge in [0.2, 0.25) is 17.7 Å². The lowest BCUT2D eigenvalue weighted by atomic mass is 9.98. The summed E-state index contributed by atoms with van der Waals surface area (Å²) in [6, 6.07) is 27.0. The van der Waals surface area contributed by atoms with E-state index >= 15 is 0 Å². The molecule has 2 heterocycles. The van der Waals surface area contributed by atoms with Crippen molar-refractivity contribution in [1.82, 2.24) is 25.8 Å². The second kappa shape index (κ2) is 14.3. The van der Waals surface area contributed by atoms with Crippen molar-refractivity contribution in [2.75, 3.05) is 13.6 Å². The van der Waals surface area contributed by atoms with Crippen molar-refractivity contribution in [3.63, 3.8) is 0 Å². The van der Waals surface area contributed by atoms with Crippen LogP contribution in [0.5, 0.6) is 0 Å². The van der Waals surface area contributed by atoms with E-state index < -0.39 is 36.1 Å². The van der Waals surface area contributed by atoms with Gasteiger partial charge in [-0.3, -0.25) is 19.2 Å². The van der Waals surface area contributed by atoms with Gasteiger partial charge in [-0.25, -0.2) is 0 Å². The Hall–Kier alpha value is -4.50. The van der Waals surface area contributed by atoms with Crippen LogP contribution in [0, 0.1) is 0 Å². The number of nitrogens with zero attached hydrogens (tertiary/aromatic N) is 2. The lowest BCUT2D eigenvalue weighted by Gasteiger charge is -2.40. The molecule has 2 saturated heterocycles. The quantitative estimate of drug-likeness (QED) is 0.352. The molecule has 0 spiro atoms. The van der Waals surface area contributed by atoms with Gasteiger partial charge in [-0.15, -0.1) is 0 Å². The first kappa shape index (κ1) is 30.9. The Morgan fingerprint density at radius 3 is 2.02 bits per heavy atom. The molecule has 4 amide bonds. The number of fused-ring (bicyclic) bond motifs is 1. The molecule has 44 heavy (non-hydrogen) atoms. The third-order valence-corrected chi connectivity index (χ3v) is 8.72. The number of nitrogens with one attached hydrogen (secondary N) is 3. The summed E-state index contributed by atoms with van der Waals surface area (Å²) in [7, 11) is 1.66. The first-order chi connectivity index (χ1) is 21.4. The number of hydrogen-bond donors (Lipinski definition) is 3. The highest BCUT2D eigenvalue weighted by Crippen LogP contribution is 2.32. The van der Waals surface area contributed by atoms with Crippen LogP contribution in [-0.2, 0) is 25.6 Å². The van der Waals surface area contributed by atoms with Gasteiger partial charge in [0, 0.05) is 12.6 Å². The van der Waals surface area contributed by atoms with Crippen molar-refractivity contribution in [2.24, 2.45) is 0 Å². The predicted molar refractivity (Wildman–Crippen MR) is 168 cm³/mol. The standard InChI is InChI=1S/C35H41N5O4/c1-24(36-2)33(42)38-32-35(44)40-28(19-12-22-39(32)30(41)23-25-13-6-3-7-14-25)20-21-29(40)34(43)37-31(26-15-8-4-9-16-26)27-17-10-5-11-18-27/h3-11,13-18,24,28-29,31-32,36H,12,19-23H2,1-2H3,(H,37,43)(H,38,42)/t24-,28-,29-,32-/m0/s1. The molecule has 9 nitrogen and oxygen atoms in total. The molecule has 3 N–H and O–H groups in total. The highest BCUT2D eigenvalue weighted by atomic mass is 16.2. The van der Waals surface area contributed by atoms with E-state index in [9.17, 15) is 19.2 Å². The summed E-state index contributed by atoms with van der Waals surface area (Å²) >= 11 is 0. The molecule has 3 aromatic carbocycles. The fourth-order valence-electron chi connectivity index (χ4n) is 6.22. The minimum atomic E-state index is -1.22. The molecule has 2 aliphatic rings. The van der Waals surface area contributed by atoms with E-state index in [2.05, 4.69) is 16.0 Å². The minimum absolute atomic E-state index is 0.102. The van der Waals surface area contributed by atoms with Crippen LogP contribution < -0.4 is 16.0 Å². The van der Waals surface area contributed by atoms with Crippen molar-refractivity contribution < 1.29 is 19.2 Å². The van der Waals surface area contributed by atoms with Gasteiger partial charge in [-0.2, -0.15) is 0 Å². The number of likely N-dealkylation sites (N-methyl/N-ethyl adjacent to an activating group) is 1. The van der Waals surface area contributed by atoms with Crippen molar-refractivity contribution >= 4 is 23.6 Å². The molecule has 2 aliphatic heterocycles. The molecule has 0 saturated carbocycles. The van der Waals surface area contributed by atoms with Crippen LogP contribution in [0.1, 0.15) is 55.3 Å². The molecule has 0 aliphatic carbocycles. The maximum atomic E-state index is 14.5. The summed E-state index contributed by atoms with van der Waals surface area (Å²) in [5.74, 6) is -1.33. The average Bonchev–Trinajstić information content (AvgIpc) is 3.48. The van der Waals surface area contributed by atoms with Crippen molar-refractivity contribution in [2.45, 2.75) is 69.4 Å². The summed E-state index contributed by atoms with van der Waals surface area (Å²) in [5, 5.41) is 8.97. The van der Waals surface area contributed by atoms with E-state index in [1.807, 2.05) is 91.0 Å². The second-order valence-electron chi connectivity index (χ2n) is 11.6. The van der Waals surface area contributed by atoms with E-state index in [4.69, 9.17) is 0 Å². The zero-order chi connectivity index (χ0) is 31.1. The fourth-order valence-corrected chi connectivity index (χ4v) is 6.22. The number of carbonyl (C=O) groups is 4. The molecule has 5 rings (SSSR count). The van der Waals surface area contributed by atoms with Crippen LogP contribution >= 0.6 is 0 Å². The van der Waals surface area contributed by atoms with E-state index in [0.29, 0.717) is 32.2 Å². The van der Waals surface area contributed by atoms with Crippen LogP contribution in [0.15, 0.2) is 91.0 Å². The average molecular weight is 596 g/mol. The van der Waals surface area contributed by atoms with E-state index in [0.717, 1.165) is 16.7 Å². The van der Waals surface area contributed by atoms with Crippen LogP contribution in [0.25, 0.3) is 0 Å². The van der Waals surface area contributed by atoms with E-state index in [1.54, 1.807) is 18.9 Å². The molecular formula is C35H41N5O4. The van der Waals surface area contributed by atoms with Crippen molar-refractivity contribution in [1.29, 1.82) is 0 Å².